The summed E-state index contributed by atoms with van der Waals surface area (Å²) < 4.78 is 6.06. The normalized spacial score (nSPS) is 16.0. The summed E-state index contributed by atoms with van der Waals surface area (Å²) in [5.74, 6) is 0.607. The summed E-state index contributed by atoms with van der Waals surface area (Å²) in [5.41, 5.74) is 17.4. The van der Waals surface area contributed by atoms with Crippen LogP contribution in [-0.2, 0) is 0 Å². The Kier molecular flexibility index (Phi) is 7.86. The molecule has 49 heavy (non-hydrogen) atoms. The van der Waals surface area contributed by atoms with Crippen molar-refractivity contribution in [2.75, 3.05) is 4.90 Å². The second-order valence-electron chi connectivity index (χ2n) is 12.9. The van der Waals surface area contributed by atoms with Crippen molar-refractivity contribution in [3.05, 3.63) is 170 Å². The molecule has 0 aliphatic heterocycles. The molecule has 0 spiro atoms. The van der Waals surface area contributed by atoms with E-state index in [1.165, 1.54) is 0 Å². The lowest BCUT2D eigenvalue weighted by molar-refractivity contribution is 0.443. The van der Waals surface area contributed by atoms with Crippen LogP contribution >= 0.6 is 0 Å². The SMILES string of the molecule is CC1(C/C(=C\N)c2ccc(N(c3ccc(-c4cnc5ccccc5c4)cc3)c3ccc(-c4nc5ccccc5o4)cc3)cc2)C=CC=CC1. The number of benzene rings is 5. The quantitative estimate of drug-likeness (QED) is 0.180. The van der Waals surface area contributed by atoms with E-state index in [4.69, 9.17) is 15.1 Å². The molecule has 1 aliphatic carbocycles. The van der Waals surface area contributed by atoms with Crippen LogP contribution in [0.1, 0.15) is 25.3 Å². The van der Waals surface area contributed by atoms with Crippen molar-refractivity contribution in [3.8, 4) is 22.6 Å². The molecular weight excluding hydrogens is 601 g/mol. The van der Waals surface area contributed by atoms with Gasteiger partial charge in [0.15, 0.2) is 5.58 Å². The predicted molar refractivity (Wildman–Crippen MR) is 203 cm³/mol. The minimum Gasteiger partial charge on any atom is -0.436 e. The van der Waals surface area contributed by atoms with Gasteiger partial charge in [0.05, 0.1) is 5.52 Å². The number of allylic oxidation sites excluding steroid dienone is 5. The van der Waals surface area contributed by atoms with Crippen molar-refractivity contribution in [3.63, 3.8) is 0 Å². The Labute approximate surface area is 286 Å². The number of pyridine rings is 1. The third kappa shape index (κ3) is 6.15. The molecule has 5 aromatic carbocycles. The monoisotopic (exact) mass is 636 g/mol. The Morgan fingerprint density at radius 1 is 0.755 bits per heavy atom. The van der Waals surface area contributed by atoms with E-state index >= 15 is 0 Å². The highest BCUT2D eigenvalue weighted by atomic mass is 16.3. The number of anilines is 3. The van der Waals surface area contributed by atoms with Gasteiger partial charge in [-0.15, -0.1) is 0 Å². The number of aromatic nitrogens is 2. The molecule has 8 rings (SSSR count). The first kappa shape index (κ1) is 30.2. The maximum absolute atomic E-state index is 6.21. The highest BCUT2D eigenvalue weighted by Gasteiger charge is 2.23. The molecule has 0 saturated carbocycles. The van der Waals surface area contributed by atoms with Gasteiger partial charge in [0, 0.05) is 39.8 Å². The molecule has 7 aromatic rings. The van der Waals surface area contributed by atoms with Crippen LogP contribution in [-0.4, -0.2) is 9.97 Å². The summed E-state index contributed by atoms with van der Waals surface area (Å²) in [4.78, 5) is 11.7. The Morgan fingerprint density at radius 2 is 1.41 bits per heavy atom. The summed E-state index contributed by atoms with van der Waals surface area (Å²) in [6.45, 7) is 2.29. The van der Waals surface area contributed by atoms with Gasteiger partial charge in [-0.3, -0.25) is 4.98 Å². The number of nitrogens with zero attached hydrogens (tertiary/aromatic N) is 3. The Morgan fingerprint density at radius 3 is 2.08 bits per heavy atom. The zero-order valence-corrected chi connectivity index (χ0v) is 27.3. The molecule has 238 valence electrons. The van der Waals surface area contributed by atoms with Crippen molar-refractivity contribution >= 4 is 44.6 Å². The molecule has 0 fully saturated rings. The number of hydrogen-bond acceptors (Lipinski definition) is 5. The Balaban J connectivity index is 1.14. The van der Waals surface area contributed by atoms with Crippen LogP contribution in [0.25, 0.3) is 50.2 Å². The summed E-state index contributed by atoms with van der Waals surface area (Å²) in [7, 11) is 0. The van der Waals surface area contributed by atoms with Crippen LogP contribution in [0.5, 0.6) is 0 Å². The highest BCUT2D eigenvalue weighted by molar-refractivity contribution is 5.85. The van der Waals surface area contributed by atoms with Crippen LogP contribution in [0.4, 0.5) is 17.1 Å². The lowest BCUT2D eigenvalue weighted by Crippen LogP contribution is -2.15. The molecule has 0 amide bonds. The van der Waals surface area contributed by atoms with Crippen molar-refractivity contribution < 1.29 is 4.42 Å². The van der Waals surface area contributed by atoms with Crippen LogP contribution in [0, 0.1) is 5.41 Å². The third-order valence-electron chi connectivity index (χ3n) is 9.34. The Bertz CT molecular complexity index is 2320. The number of oxazole rings is 1. The van der Waals surface area contributed by atoms with E-state index in [1.807, 2.05) is 48.7 Å². The summed E-state index contributed by atoms with van der Waals surface area (Å²) in [6.07, 6.45) is 14.3. The summed E-state index contributed by atoms with van der Waals surface area (Å²) >= 11 is 0. The average molecular weight is 637 g/mol. The molecule has 5 nitrogen and oxygen atoms in total. The van der Waals surface area contributed by atoms with Gasteiger partial charge in [-0.2, -0.15) is 0 Å². The Hall–Kier alpha value is -6.20. The fraction of sp³-hybridized carbons (Fsp3) is 0.0909. The van der Waals surface area contributed by atoms with Gasteiger partial charge in [-0.1, -0.05) is 85.8 Å². The maximum atomic E-state index is 6.21. The largest absolute Gasteiger partial charge is 0.436 e. The molecule has 2 aromatic heterocycles. The molecule has 0 radical (unpaired) electrons. The van der Waals surface area contributed by atoms with E-state index in [0.717, 1.165) is 79.7 Å². The van der Waals surface area contributed by atoms with E-state index in [1.54, 1.807) is 6.20 Å². The van der Waals surface area contributed by atoms with Gasteiger partial charge in [0.25, 0.3) is 0 Å². The fourth-order valence-corrected chi connectivity index (χ4v) is 6.65. The number of rotatable bonds is 8. The number of hydrogen-bond donors (Lipinski definition) is 1. The minimum atomic E-state index is 0.0451. The highest BCUT2D eigenvalue weighted by Crippen LogP contribution is 2.40. The zero-order valence-electron chi connectivity index (χ0n) is 27.3. The smallest absolute Gasteiger partial charge is 0.227 e. The topological polar surface area (TPSA) is 68.2 Å². The van der Waals surface area contributed by atoms with Gasteiger partial charge in [-0.05, 0) is 114 Å². The number of nitrogens with two attached hydrogens (primary N) is 1. The molecule has 1 atom stereocenters. The van der Waals surface area contributed by atoms with E-state index < -0.39 is 0 Å². The number of para-hydroxylation sites is 3. The van der Waals surface area contributed by atoms with E-state index in [0.29, 0.717) is 5.89 Å². The van der Waals surface area contributed by atoms with Crippen LogP contribution < -0.4 is 10.6 Å². The molecule has 1 aliphatic rings. The zero-order chi connectivity index (χ0) is 33.2. The summed E-state index contributed by atoms with van der Waals surface area (Å²) in [6, 6.07) is 44.0. The third-order valence-corrected chi connectivity index (χ3v) is 9.34. The molecule has 0 saturated heterocycles. The van der Waals surface area contributed by atoms with Gasteiger partial charge >= 0.3 is 0 Å². The first-order valence-corrected chi connectivity index (χ1v) is 16.6. The van der Waals surface area contributed by atoms with Gasteiger partial charge < -0.3 is 15.1 Å². The second-order valence-corrected chi connectivity index (χ2v) is 12.9. The molecular formula is C44H36N4O. The van der Waals surface area contributed by atoms with E-state index in [9.17, 15) is 0 Å². The maximum Gasteiger partial charge on any atom is 0.227 e. The standard InChI is InChI=1S/C44H36N4O/c1-44(25-7-2-8-26-44)28-36(29-45)32-15-21-38(22-16-32)48(39-23-17-33(18-24-39)43-47-41-11-5-6-12-42(41)49-43)37-19-13-31(14-20-37)35-27-34-9-3-4-10-40(34)46-30-35/h2-25,27,29-30H,26,28,45H2,1H3/b36-29+. The van der Waals surface area contributed by atoms with Gasteiger partial charge in [0.2, 0.25) is 5.89 Å². The molecule has 2 heterocycles. The van der Waals surface area contributed by atoms with Gasteiger partial charge in [0.1, 0.15) is 5.52 Å². The van der Waals surface area contributed by atoms with Crippen molar-refractivity contribution in [1.82, 2.24) is 9.97 Å². The lowest BCUT2D eigenvalue weighted by Gasteiger charge is -2.28. The van der Waals surface area contributed by atoms with Crippen LogP contribution in [0.15, 0.2) is 169 Å². The fourth-order valence-electron chi connectivity index (χ4n) is 6.65. The van der Waals surface area contributed by atoms with Crippen LogP contribution in [0.3, 0.4) is 0 Å². The molecule has 0 bridgehead atoms. The van der Waals surface area contributed by atoms with Crippen molar-refractivity contribution in [2.24, 2.45) is 11.1 Å². The predicted octanol–water partition coefficient (Wildman–Crippen LogP) is 11.4. The molecule has 5 heteroatoms. The second kappa shape index (κ2) is 12.8. The summed E-state index contributed by atoms with van der Waals surface area (Å²) in [5, 5.41) is 1.13. The van der Waals surface area contributed by atoms with Crippen molar-refractivity contribution in [2.45, 2.75) is 19.8 Å². The molecule has 1 unspecified atom stereocenters. The van der Waals surface area contributed by atoms with Gasteiger partial charge in [-0.25, -0.2) is 4.98 Å². The first-order chi connectivity index (χ1) is 24.0. The minimum absolute atomic E-state index is 0.0451. The first-order valence-electron chi connectivity index (χ1n) is 16.6. The van der Waals surface area contributed by atoms with Crippen molar-refractivity contribution in [1.29, 1.82) is 0 Å². The van der Waals surface area contributed by atoms with E-state index in [-0.39, 0.29) is 5.41 Å². The average Bonchev–Trinajstić information content (AvgIpc) is 3.60. The number of fused-ring (bicyclic) bond motifs is 2. The lowest BCUT2D eigenvalue weighted by atomic mass is 9.77. The molecule has 2 N–H and O–H groups in total. The van der Waals surface area contributed by atoms with E-state index in [2.05, 4.69) is 126 Å². The van der Waals surface area contributed by atoms with Crippen LogP contribution in [0.2, 0.25) is 0 Å².